The molecule has 0 saturated heterocycles. The Kier molecular flexibility index (Phi) is 5.63. The Morgan fingerprint density at radius 1 is 1.24 bits per heavy atom. The molecule has 25 heavy (non-hydrogen) atoms. The van der Waals surface area contributed by atoms with Crippen LogP contribution < -0.4 is 10.1 Å². The van der Waals surface area contributed by atoms with Gasteiger partial charge in [-0.15, -0.1) is 5.10 Å². The summed E-state index contributed by atoms with van der Waals surface area (Å²) in [6.45, 7) is 1.24. The quantitative estimate of drug-likeness (QED) is 0.834. The molecule has 7 nitrogen and oxygen atoms in total. The monoisotopic (exact) mass is 343 g/mol. The summed E-state index contributed by atoms with van der Waals surface area (Å²) in [5, 5.41) is 14.5. The first kappa shape index (κ1) is 17.4. The van der Waals surface area contributed by atoms with Crippen molar-refractivity contribution in [3.8, 4) is 5.75 Å². The number of benzene rings is 1. The van der Waals surface area contributed by atoms with Crippen molar-refractivity contribution in [3.05, 3.63) is 36.2 Å². The third-order valence-electron chi connectivity index (χ3n) is 4.99. The number of nitrogens with one attached hydrogen (secondary N) is 1. The van der Waals surface area contributed by atoms with Gasteiger partial charge in [-0.3, -0.25) is 4.79 Å². The van der Waals surface area contributed by atoms with Gasteiger partial charge in [0.2, 0.25) is 5.91 Å². The van der Waals surface area contributed by atoms with Crippen molar-refractivity contribution in [2.24, 2.45) is 5.41 Å². The molecule has 134 valence electrons. The zero-order chi connectivity index (χ0) is 17.5. The van der Waals surface area contributed by atoms with Gasteiger partial charge in [-0.1, -0.05) is 31.4 Å². The van der Waals surface area contributed by atoms with Crippen LogP contribution in [0.4, 0.5) is 0 Å². The van der Waals surface area contributed by atoms with Gasteiger partial charge in [0.1, 0.15) is 12.1 Å². The normalized spacial score (nSPS) is 16.4. The van der Waals surface area contributed by atoms with Crippen molar-refractivity contribution < 1.29 is 9.53 Å². The molecule has 7 heteroatoms. The molecule has 1 aliphatic rings. The van der Waals surface area contributed by atoms with Gasteiger partial charge in [0, 0.05) is 13.0 Å². The second-order valence-electron chi connectivity index (χ2n) is 6.87. The standard InChI is InChI=1S/C18H25N5O2/c1-25-16-7-5-15(6-8-16)12-19-17(24)11-18(9-3-2-4-10-18)13-23-14-20-21-22-23/h5-8,14H,2-4,9-13H2,1H3,(H,19,24). The number of amides is 1. The van der Waals surface area contributed by atoms with Crippen LogP contribution in [0.1, 0.15) is 44.1 Å². The first-order chi connectivity index (χ1) is 12.2. The van der Waals surface area contributed by atoms with Gasteiger partial charge >= 0.3 is 0 Å². The molecule has 3 rings (SSSR count). The molecule has 1 saturated carbocycles. The highest BCUT2D eigenvalue weighted by Gasteiger charge is 2.35. The van der Waals surface area contributed by atoms with Crippen LogP contribution in [0.25, 0.3) is 0 Å². The molecule has 0 aliphatic heterocycles. The van der Waals surface area contributed by atoms with Crippen LogP contribution >= 0.6 is 0 Å². The number of tetrazole rings is 1. The fraction of sp³-hybridized carbons (Fsp3) is 0.556. The van der Waals surface area contributed by atoms with E-state index in [1.54, 1.807) is 18.1 Å². The lowest BCUT2D eigenvalue weighted by atomic mass is 9.71. The smallest absolute Gasteiger partial charge is 0.220 e. The van der Waals surface area contributed by atoms with Crippen LogP contribution in [0.2, 0.25) is 0 Å². The summed E-state index contributed by atoms with van der Waals surface area (Å²) < 4.78 is 6.90. The number of hydrogen-bond donors (Lipinski definition) is 1. The summed E-state index contributed by atoms with van der Waals surface area (Å²) in [7, 11) is 1.64. The van der Waals surface area contributed by atoms with Crippen molar-refractivity contribution in [3.63, 3.8) is 0 Å². The molecule has 1 heterocycles. The van der Waals surface area contributed by atoms with E-state index in [9.17, 15) is 4.79 Å². The topological polar surface area (TPSA) is 81.9 Å². The highest BCUT2D eigenvalue weighted by Crippen LogP contribution is 2.40. The number of methoxy groups -OCH3 is 1. The third-order valence-corrected chi connectivity index (χ3v) is 4.99. The van der Waals surface area contributed by atoms with Gasteiger partial charge < -0.3 is 10.1 Å². The molecule has 0 bridgehead atoms. The van der Waals surface area contributed by atoms with E-state index in [1.165, 1.54) is 6.42 Å². The molecule has 1 aliphatic carbocycles. The zero-order valence-electron chi connectivity index (χ0n) is 14.6. The summed E-state index contributed by atoms with van der Waals surface area (Å²) in [5.74, 6) is 0.906. The minimum absolute atomic E-state index is 0.0440. The predicted octanol–water partition coefficient (Wildman–Crippen LogP) is 2.34. The van der Waals surface area contributed by atoms with E-state index >= 15 is 0 Å². The fourth-order valence-corrected chi connectivity index (χ4v) is 3.64. The molecular formula is C18H25N5O2. The van der Waals surface area contributed by atoms with Crippen molar-refractivity contribution in [2.45, 2.75) is 51.6 Å². The Bertz CT molecular complexity index is 663. The van der Waals surface area contributed by atoms with Gasteiger partial charge in [0.15, 0.2) is 0 Å². The fourth-order valence-electron chi connectivity index (χ4n) is 3.64. The minimum atomic E-state index is -0.0440. The van der Waals surface area contributed by atoms with Crippen LogP contribution in [-0.4, -0.2) is 33.2 Å². The Balaban J connectivity index is 1.57. The second kappa shape index (κ2) is 8.09. The maximum Gasteiger partial charge on any atom is 0.220 e. The summed E-state index contributed by atoms with van der Waals surface area (Å²) in [4.78, 5) is 12.5. The van der Waals surface area contributed by atoms with Crippen molar-refractivity contribution in [1.29, 1.82) is 0 Å². The number of aromatic nitrogens is 4. The lowest BCUT2D eigenvalue weighted by Crippen LogP contribution is -2.36. The van der Waals surface area contributed by atoms with E-state index in [-0.39, 0.29) is 11.3 Å². The SMILES string of the molecule is COc1ccc(CNC(=O)CC2(Cn3cnnn3)CCCCC2)cc1. The number of hydrogen-bond acceptors (Lipinski definition) is 5. The molecule has 1 aromatic carbocycles. The van der Waals surface area contributed by atoms with E-state index in [0.717, 1.165) is 37.0 Å². The first-order valence-corrected chi connectivity index (χ1v) is 8.80. The third kappa shape index (κ3) is 4.78. The van der Waals surface area contributed by atoms with Gasteiger partial charge in [0.05, 0.1) is 13.7 Å². The number of rotatable bonds is 7. The lowest BCUT2D eigenvalue weighted by molar-refractivity contribution is -0.124. The largest absolute Gasteiger partial charge is 0.497 e. The van der Waals surface area contributed by atoms with Gasteiger partial charge in [0.25, 0.3) is 0 Å². The average Bonchev–Trinajstić information content (AvgIpc) is 3.13. The molecule has 0 atom stereocenters. The molecule has 1 N–H and O–H groups in total. The molecule has 1 aromatic heterocycles. The number of carbonyl (C=O) groups excluding carboxylic acids is 1. The second-order valence-corrected chi connectivity index (χ2v) is 6.87. The highest BCUT2D eigenvalue weighted by atomic mass is 16.5. The summed E-state index contributed by atoms with van der Waals surface area (Å²) in [5.41, 5.74) is 1.02. The Morgan fingerprint density at radius 2 is 2.00 bits per heavy atom. The van der Waals surface area contributed by atoms with Crippen LogP contribution in [0.5, 0.6) is 5.75 Å². The molecule has 2 aromatic rings. The molecule has 0 radical (unpaired) electrons. The van der Waals surface area contributed by atoms with E-state index in [0.29, 0.717) is 19.5 Å². The zero-order valence-corrected chi connectivity index (χ0v) is 14.6. The van der Waals surface area contributed by atoms with Gasteiger partial charge in [-0.25, -0.2) is 4.68 Å². The molecule has 1 fully saturated rings. The van der Waals surface area contributed by atoms with Gasteiger partial charge in [-0.2, -0.15) is 0 Å². The van der Waals surface area contributed by atoms with Crippen molar-refractivity contribution in [2.75, 3.05) is 7.11 Å². The van der Waals surface area contributed by atoms with E-state index in [4.69, 9.17) is 4.74 Å². The summed E-state index contributed by atoms with van der Waals surface area (Å²) in [6, 6.07) is 7.75. The van der Waals surface area contributed by atoms with Gasteiger partial charge in [-0.05, 0) is 46.4 Å². The Hall–Kier alpha value is -2.44. The van der Waals surface area contributed by atoms with Crippen LogP contribution in [-0.2, 0) is 17.9 Å². The number of carbonyl (C=O) groups is 1. The first-order valence-electron chi connectivity index (χ1n) is 8.80. The molecule has 0 unspecified atom stereocenters. The van der Waals surface area contributed by atoms with Crippen molar-refractivity contribution in [1.82, 2.24) is 25.5 Å². The van der Waals surface area contributed by atoms with Crippen LogP contribution in [0.3, 0.4) is 0 Å². The maximum absolute atomic E-state index is 12.5. The predicted molar refractivity (Wildman–Crippen MR) is 92.8 cm³/mol. The molecule has 0 spiro atoms. The lowest BCUT2D eigenvalue weighted by Gasteiger charge is -2.36. The summed E-state index contributed by atoms with van der Waals surface area (Å²) >= 11 is 0. The Labute approximate surface area is 147 Å². The molecular weight excluding hydrogens is 318 g/mol. The van der Waals surface area contributed by atoms with E-state index in [1.807, 2.05) is 24.3 Å². The maximum atomic E-state index is 12.5. The number of ether oxygens (including phenoxy) is 1. The van der Waals surface area contributed by atoms with Crippen LogP contribution in [0, 0.1) is 5.41 Å². The highest BCUT2D eigenvalue weighted by molar-refractivity contribution is 5.76. The van der Waals surface area contributed by atoms with E-state index < -0.39 is 0 Å². The van der Waals surface area contributed by atoms with Crippen LogP contribution in [0.15, 0.2) is 30.6 Å². The molecule has 1 amide bonds. The van der Waals surface area contributed by atoms with Crippen molar-refractivity contribution >= 4 is 5.91 Å². The Morgan fingerprint density at radius 3 is 2.64 bits per heavy atom. The van der Waals surface area contributed by atoms with E-state index in [2.05, 4.69) is 20.8 Å². The average molecular weight is 343 g/mol. The number of nitrogens with zero attached hydrogens (tertiary/aromatic N) is 4. The summed E-state index contributed by atoms with van der Waals surface area (Å²) in [6.07, 6.45) is 7.80. The minimum Gasteiger partial charge on any atom is -0.497 e.